The molecule has 48 heavy (non-hydrogen) atoms. The largest absolute Gasteiger partial charge is 0.486 e. The van der Waals surface area contributed by atoms with Gasteiger partial charge in [-0.15, -0.1) is 0 Å². The van der Waals surface area contributed by atoms with E-state index in [-0.39, 0.29) is 36.5 Å². The summed E-state index contributed by atoms with van der Waals surface area (Å²) in [6.45, 7) is 8.65. The van der Waals surface area contributed by atoms with Gasteiger partial charge in [0.15, 0.2) is 12.1 Å². The first-order valence-corrected chi connectivity index (χ1v) is 16.6. The molecule has 0 bridgehead atoms. The molecule has 1 aromatic heterocycles. The summed E-state index contributed by atoms with van der Waals surface area (Å²) in [6, 6.07) is 9.24. The Morgan fingerprint density at radius 2 is 1.98 bits per heavy atom. The van der Waals surface area contributed by atoms with Crippen molar-refractivity contribution in [2.75, 3.05) is 51.8 Å². The van der Waals surface area contributed by atoms with Crippen molar-refractivity contribution in [3.8, 4) is 23.1 Å². The number of nitrogens with zero attached hydrogens (tertiary/aromatic N) is 5. The van der Waals surface area contributed by atoms with E-state index in [9.17, 15) is 10.1 Å². The first-order valence-electron chi connectivity index (χ1n) is 16.6. The fourth-order valence-electron chi connectivity index (χ4n) is 6.47. The zero-order valence-electron chi connectivity index (χ0n) is 27.9. The average molecular weight is 662 g/mol. The number of carbonyl (C=O) groups is 1. The minimum atomic E-state index is -1.43. The molecule has 6 rings (SSSR count). The third kappa shape index (κ3) is 7.50. The maximum Gasteiger partial charge on any atom is 0.410 e. The predicted molar refractivity (Wildman–Crippen MR) is 177 cm³/mol. The van der Waals surface area contributed by atoms with Crippen LogP contribution in [0.1, 0.15) is 45.6 Å². The van der Waals surface area contributed by atoms with E-state index >= 15 is 4.39 Å². The molecule has 2 N–H and O–H groups in total. The van der Waals surface area contributed by atoms with Crippen molar-refractivity contribution in [1.82, 2.24) is 25.1 Å². The van der Waals surface area contributed by atoms with Gasteiger partial charge in [0.05, 0.1) is 44.2 Å². The first kappa shape index (κ1) is 33.5. The van der Waals surface area contributed by atoms with Crippen LogP contribution in [0, 0.1) is 17.2 Å². The minimum absolute atomic E-state index is 0.140. The molecule has 2 aromatic rings. The Kier molecular flexibility index (Phi) is 10.0. The van der Waals surface area contributed by atoms with Crippen molar-refractivity contribution in [3.05, 3.63) is 59.6 Å². The van der Waals surface area contributed by atoms with Gasteiger partial charge in [-0.3, -0.25) is 0 Å². The molecule has 256 valence electrons. The number of nitrogens with one attached hydrogen (secondary N) is 2. The van der Waals surface area contributed by atoms with Crippen molar-refractivity contribution < 1.29 is 28.1 Å². The van der Waals surface area contributed by atoms with Crippen LogP contribution in [0.5, 0.6) is 5.75 Å². The van der Waals surface area contributed by atoms with Gasteiger partial charge in [0.1, 0.15) is 29.7 Å². The maximum absolute atomic E-state index is 15.2. The predicted octanol–water partition coefficient (Wildman–Crippen LogP) is 4.61. The molecular formula is C35H44FN7O5. The number of nitriles is 1. The highest BCUT2D eigenvalue weighted by molar-refractivity contribution is 5.68. The van der Waals surface area contributed by atoms with Crippen LogP contribution >= 0.6 is 0 Å². The number of carbonyl (C=O) groups excluding carboxylic acids is 1. The summed E-state index contributed by atoms with van der Waals surface area (Å²) in [6.07, 6.45) is 5.31. The molecule has 0 spiro atoms. The molecule has 4 aliphatic rings. The summed E-state index contributed by atoms with van der Waals surface area (Å²) in [5.41, 5.74) is 2.10. The number of methoxy groups -OCH3 is 1. The number of hydrogen-bond donors (Lipinski definition) is 2. The first-order chi connectivity index (χ1) is 23.1. The molecule has 1 aromatic carbocycles. The SMILES string of the molecule is COC1=C(C2CCNCC2)C=CC(Nc2nccc(-c3ccc(O[C@@H]4CCN(C(=O)OC(C)(C)C)C[C@@H]4F)c(C#N)c3)n2)N1C1COC1. The number of alkyl halides is 1. The highest BCUT2D eigenvalue weighted by atomic mass is 19.1. The second kappa shape index (κ2) is 14.4. The number of amides is 1. The van der Waals surface area contributed by atoms with E-state index in [0.29, 0.717) is 42.9 Å². The van der Waals surface area contributed by atoms with E-state index in [1.54, 1.807) is 58.3 Å². The molecule has 3 saturated heterocycles. The molecule has 4 aliphatic heterocycles. The monoisotopic (exact) mass is 661 g/mol. The summed E-state index contributed by atoms with van der Waals surface area (Å²) in [4.78, 5) is 25.3. The molecule has 5 heterocycles. The van der Waals surface area contributed by atoms with Crippen LogP contribution in [0.3, 0.4) is 0 Å². The Labute approximate surface area is 280 Å². The number of halogens is 1. The van der Waals surface area contributed by atoms with Crippen LogP contribution in [-0.2, 0) is 14.2 Å². The van der Waals surface area contributed by atoms with E-state index in [0.717, 1.165) is 31.8 Å². The topological polar surface area (TPSA) is 134 Å². The van der Waals surface area contributed by atoms with Crippen LogP contribution in [0.2, 0.25) is 0 Å². The van der Waals surface area contributed by atoms with Crippen LogP contribution in [0.15, 0.2) is 54.1 Å². The fourth-order valence-corrected chi connectivity index (χ4v) is 6.47. The molecule has 0 radical (unpaired) electrons. The van der Waals surface area contributed by atoms with Crippen LogP contribution < -0.4 is 15.4 Å². The Bertz CT molecular complexity index is 1580. The van der Waals surface area contributed by atoms with Crippen LogP contribution in [0.25, 0.3) is 11.3 Å². The molecule has 1 unspecified atom stereocenters. The number of rotatable bonds is 8. The summed E-state index contributed by atoms with van der Waals surface area (Å²) in [5, 5.41) is 16.9. The molecule has 3 fully saturated rings. The van der Waals surface area contributed by atoms with Crippen molar-refractivity contribution in [2.45, 2.75) is 70.1 Å². The number of allylic oxidation sites excluding steroid dienone is 2. The van der Waals surface area contributed by atoms with Gasteiger partial charge in [0, 0.05) is 30.3 Å². The lowest BCUT2D eigenvalue weighted by Gasteiger charge is -2.46. The smallest absolute Gasteiger partial charge is 0.410 e. The second-order valence-corrected chi connectivity index (χ2v) is 13.5. The highest BCUT2D eigenvalue weighted by Gasteiger charge is 2.38. The van der Waals surface area contributed by atoms with Crippen molar-refractivity contribution in [2.24, 2.45) is 5.92 Å². The van der Waals surface area contributed by atoms with E-state index in [1.165, 1.54) is 10.5 Å². The van der Waals surface area contributed by atoms with E-state index < -0.39 is 24.0 Å². The summed E-state index contributed by atoms with van der Waals surface area (Å²) in [5.74, 6) is 1.97. The maximum atomic E-state index is 15.2. The Hall–Kier alpha value is -4.41. The quantitative estimate of drug-likeness (QED) is 0.411. The Balaban J connectivity index is 1.15. The molecule has 3 atom stereocenters. The van der Waals surface area contributed by atoms with Gasteiger partial charge in [0.2, 0.25) is 5.95 Å². The summed E-state index contributed by atoms with van der Waals surface area (Å²) < 4.78 is 38.1. The lowest BCUT2D eigenvalue weighted by Crippen LogP contribution is -2.56. The zero-order chi connectivity index (χ0) is 33.8. The second-order valence-electron chi connectivity index (χ2n) is 13.5. The standard InChI is InChI=1S/C35H44FN7O5/c1-35(2,3)48-34(44)42-16-12-30(27(36)19-42)47-29-7-5-23(17-24(29)18-37)28-11-15-39-33(40-28)41-31-8-6-26(22-9-13-38-14-10-22)32(45-4)43(31)25-20-46-21-25/h5-8,11,15,17,22,25,27,30-31,38H,9-10,12-14,16,19-21H2,1-4H3,(H,39,40,41)/t27-,30+,31?/m0/s1. The molecule has 12 nitrogen and oxygen atoms in total. The van der Waals surface area contributed by atoms with Crippen molar-refractivity contribution in [1.29, 1.82) is 5.26 Å². The van der Waals surface area contributed by atoms with Crippen molar-refractivity contribution in [3.63, 3.8) is 0 Å². The lowest BCUT2D eigenvalue weighted by molar-refractivity contribution is -0.0776. The molecule has 0 saturated carbocycles. The zero-order valence-corrected chi connectivity index (χ0v) is 27.9. The number of benzene rings is 1. The molecule has 13 heteroatoms. The van der Waals surface area contributed by atoms with Crippen molar-refractivity contribution >= 4 is 12.0 Å². The van der Waals surface area contributed by atoms with E-state index in [2.05, 4.69) is 38.7 Å². The number of anilines is 1. The average Bonchev–Trinajstić information content (AvgIpc) is 3.05. The Morgan fingerprint density at radius 3 is 2.65 bits per heavy atom. The van der Waals surface area contributed by atoms with E-state index in [4.69, 9.17) is 23.9 Å². The molecule has 1 amide bonds. The van der Waals surface area contributed by atoms with Gasteiger partial charge in [0.25, 0.3) is 0 Å². The fraction of sp³-hybridized carbons (Fsp3) is 0.543. The normalized spacial score (nSPS) is 23.7. The van der Waals surface area contributed by atoms with E-state index in [1.807, 2.05) is 0 Å². The van der Waals surface area contributed by atoms with Crippen LogP contribution in [0.4, 0.5) is 15.1 Å². The third-order valence-corrected chi connectivity index (χ3v) is 8.97. The Morgan fingerprint density at radius 1 is 1.19 bits per heavy atom. The van der Waals surface area contributed by atoms with Gasteiger partial charge >= 0.3 is 6.09 Å². The van der Waals surface area contributed by atoms with Gasteiger partial charge in [-0.2, -0.15) is 5.26 Å². The highest BCUT2D eigenvalue weighted by Crippen LogP contribution is 2.35. The lowest BCUT2D eigenvalue weighted by atomic mass is 9.88. The third-order valence-electron chi connectivity index (χ3n) is 8.97. The van der Waals surface area contributed by atoms with Gasteiger partial charge in [-0.1, -0.05) is 6.08 Å². The molecular weight excluding hydrogens is 617 g/mol. The number of hydrogen-bond acceptors (Lipinski definition) is 11. The number of piperidine rings is 2. The minimum Gasteiger partial charge on any atom is -0.486 e. The van der Waals surface area contributed by atoms with Crippen LogP contribution in [-0.4, -0.2) is 102 Å². The summed E-state index contributed by atoms with van der Waals surface area (Å²) in [7, 11) is 1.72. The van der Waals surface area contributed by atoms with Gasteiger partial charge in [-0.25, -0.2) is 19.2 Å². The number of likely N-dealkylation sites (tertiary alicyclic amines) is 1. The van der Waals surface area contributed by atoms with Gasteiger partial charge < -0.3 is 39.4 Å². The number of aromatic nitrogens is 2. The number of ether oxygens (including phenoxy) is 4. The summed E-state index contributed by atoms with van der Waals surface area (Å²) >= 11 is 0. The molecule has 0 aliphatic carbocycles. The van der Waals surface area contributed by atoms with Gasteiger partial charge in [-0.05, 0) is 83.0 Å².